The lowest BCUT2D eigenvalue weighted by atomic mass is 9.98. The minimum Gasteiger partial charge on any atom is -0.305 e. The Bertz CT molecular complexity index is 499. The van der Waals surface area contributed by atoms with Crippen molar-refractivity contribution in [1.82, 2.24) is 10.2 Å². The molecule has 2 atom stereocenters. The lowest BCUT2D eigenvalue weighted by Crippen LogP contribution is -2.42. The Morgan fingerprint density at radius 3 is 2.43 bits per heavy atom. The van der Waals surface area contributed by atoms with Gasteiger partial charge < -0.3 is 5.32 Å². The zero-order valence-corrected chi connectivity index (χ0v) is 13.0. The van der Waals surface area contributed by atoms with Crippen LogP contribution >= 0.6 is 0 Å². The van der Waals surface area contributed by atoms with Crippen LogP contribution in [0.15, 0.2) is 30.3 Å². The maximum absolute atomic E-state index is 12.1. The standard InChI is InChI=1S/C17H24N2O2/c1-12(2)19-16(20)11-15(17(19)21)18-10-9-13(3)14-7-5-4-6-8-14/h4-8,12-13,15,18H,9-11H2,1-3H3. The van der Waals surface area contributed by atoms with E-state index in [2.05, 4.69) is 24.4 Å². The van der Waals surface area contributed by atoms with E-state index in [4.69, 9.17) is 0 Å². The Morgan fingerprint density at radius 2 is 1.86 bits per heavy atom. The van der Waals surface area contributed by atoms with E-state index in [-0.39, 0.29) is 30.3 Å². The molecule has 0 aliphatic carbocycles. The number of hydrogen-bond donors (Lipinski definition) is 1. The molecule has 114 valence electrons. The Morgan fingerprint density at radius 1 is 1.19 bits per heavy atom. The number of rotatable bonds is 6. The molecule has 0 saturated carbocycles. The molecule has 1 fully saturated rings. The lowest BCUT2D eigenvalue weighted by molar-refractivity contribution is -0.140. The SMILES string of the molecule is CC(CCNC1CC(=O)N(C(C)C)C1=O)c1ccccc1. The zero-order chi connectivity index (χ0) is 15.4. The van der Waals surface area contributed by atoms with E-state index in [1.165, 1.54) is 10.5 Å². The molecule has 0 radical (unpaired) electrons. The average molecular weight is 288 g/mol. The van der Waals surface area contributed by atoms with E-state index in [0.717, 1.165) is 13.0 Å². The topological polar surface area (TPSA) is 49.4 Å². The first-order valence-electron chi connectivity index (χ1n) is 7.65. The number of amides is 2. The molecule has 1 aliphatic rings. The molecule has 4 nitrogen and oxygen atoms in total. The summed E-state index contributed by atoms with van der Waals surface area (Å²) in [4.78, 5) is 25.3. The molecule has 1 heterocycles. The fourth-order valence-electron chi connectivity index (χ4n) is 2.78. The van der Waals surface area contributed by atoms with Crippen LogP contribution in [0.5, 0.6) is 0 Å². The van der Waals surface area contributed by atoms with Crippen molar-refractivity contribution in [2.24, 2.45) is 0 Å². The third kappa shape index (κ3) is 3.70. The van der Waals surface area contributed by atoms with Crippen molar-refractivity contribution in [3.05, 3.63) is 35.9 Å². The smallest absolute Gasteiger partial charge is 0.247 e. The van der Waals surface area contributed by atoms with Crippen molar-refractivity contribution in [2.45, 2.75) is 51.6 Å². The second-order valence-corrected chi connectivity index (χ2v) is 6.01. The van der Waals surface area contributed by atoms with Gasteiger partial charge in [-0.25, -0.2) is 0 Å². The number of hydrogen-bond acceptors (Lipinski definition) is 3. The van der Waals surface area contributed by atoms with E-state index >= 15 is 0 Å². The Labute approximate surface area is 126 Å². The minimum atomic E-state index is -0.345. The van der Waals surface area contributed by atoms with E-state index in [9.17, 15) is 9.59 Å². The van der Waals surface area contributed by atoms with Gasteiger partial charge in [0, 0.05) is 6.04 Å². The maximum Gasteiger partial charge on any atom is 0.247 e. The Balaban J connectivity index is 1.82. The van der Waals surface area contributed by atoms with Gasteiger partial charge in [0.05, 0.1) is 12.5 Å². The van der Waals surface area contributed by atoms with Crippen LogP contribution < -0.4 is 5.32 Å². The maximum atomic E-state index is 12.1. The molecule has 4 heteroatoms. The van der Waals surface area contributed by atoms with Crippen LogP contribution in [0, 0.1) is 0 Å². The molecule has 2 amide bonds. The minimum absolute atomic E-state index is 0.0555. The highest BCUT2D eigenvalue weighted by Gasteiger charge is 2.39. The van der Waals surface area contributed by atoms with E-state index < -0.39 is 0 Å². The summed E-state index contributed by atoms with van der Waals surface area (Å²) in [6.45, 7) is 6.66. The van der Waals surface area contributed by atoms with E-state index in [1.807, 2.05) is 32.0 Å². The number of carbonyl (C=O) groups excluding carboxylic acids is 2. The van der Waals surface area contributed by atoms with Gasteiger partial charge in [-0.2, -0.15) is 0 Å². The number of benzene rings is 1. The average Bonchev–Trinajstić information content (AvgIpc) is 2.74. The summed E-state index contributed by atoms with van der Waals surface area (Å²) in [6, 6.07) is 9.93. The predicted molar refractivity (Wildman–Crippen MR) is 82.9 cm³/mol. The van der Waals surface area contributed by atoms with Crippen LogP contribution in [0.25, 0.3) is 0 Å². The third-order valence-electron chi connectivity index (χ3n) is 4.04. The first-order chi connectivity index (χ1) is 10.0. The summed E-state index contributed by atoms with van der Waals surface area (Å²) in [6.07, 6.45) is 1.24. The highest BCUT2D eigenvalue weighted by atomic mass is 16.2. The molecule has 21 heavy (non-hydrogen) atoms. The van der Waals surface area contributed by atoms with Gasteiger partial charge in [-0.1, -0.05) is 37.3 Å². The summed E-state index contributed by atoms with van der Waals surface area (Å²) >= 11 is 0. The normalized spacial score (nSPS) is 20.4. The molecule has 1 aliphatic heterocycles. The summed E-state index contributed by atoms with van der Waals surface area (Å²) in [7, 11) is 0. The van der Waals surface area contributed by atoms with Crippen LogP contribution in [0.3, 0.4) is 0 Å². The lowest BCUT2D eigenvalue weighted by Gasteiger charge is -2.19. The molecule has 2 unspecified atom stereocenters. The van der Waals surface area contributed by atoms with Crippen molar-refractivity contribution in [2.75, 3.05) is 6.54 Å². The van der Waals surface area contributed by atoms with Gasteiger partial charge in [-0.3, -0.25) is 14.5 Å². The van der Waals surface area contributed by atoms with Gasteiger partial charge in [-0.15, -0.1) is 0 Å². The zero-order valence-electron chi connectivity index (χ0n) is 13.0. The van der Waals surface area contributed by atoms with E-state index in [1.54, 1.807) is 0 Å². The first kappa shape index (κ1) is 15.7. The largest absolute Gasteiger partial charge is 0.305 e. The number of nitrogens with zero attached hydrogens (tertiary/aromatic N) is 1. The van der Waals surface area contributed by atoms with Crippen molar-refractivity contribution in [3.63, 3.8) is 0 Å². The molecule has 1 N–H and O–H groups in total. The summed E-state index contributed by atoms with van der Waals surface area (Å²) in [5.74, 6) is 0.290. The molecule has 1 aromatic rings. The molecular weight excluding hydrogens is 264 g/mol. The molecule has 0 spiro atoms. The predicted octanol–water partition coefficient (Wildman–Crippen LogP) is 2.31. The summed E-state index contributed by atoms with van der Waals surface area (Å²) < 4.78 is 0. The highest BCUT2D eigenvalue weighted by Crippen LogP contribution is 2.19. The Kier molecular flexibility index (Phi) is 5.12. The molecule has 0 bridgehead atoms. The van der Waals surface area contributed by atoms with Gasteiger partial charge in [0.25, 0.3) is 0 Å². The van der Waals surface area contributed by atoms with Crippen molar-refractivity contribution in [1.29, 1.82) is 0 Å². The second kappa shape index (κ2) is 6.85. The van der Waals surface area contributed by atoms with Crippen molar-refractivity contribution < 1.29 is 9.59 Å². The molecule has 2 rings (SSSR count). The fraction of sp³-hybridized carbons (Fsp3) is 0.529. The molecule has 1 aromatic carbocycles. The monoisotopic (exact) mass is 288 g/mol. The van der Waals surface area contributed by atoms with Gasteiger partial charge >= 0.3 is 0 Å². The van der Waals surface area contributed by atoms with Gasteiger partial charge in [-0.05, 0) is 38.3 Å². The van der Waals surface area contributed by atoms with Crippen LogP contribution in [0.1, 0.15) is 45.1 Å². The molecule has 1 saturated heterocycles. The molecule has 0 aromatic heterocycles. The number of nitrogens with one attached hydrogen (secondary N) is 1. The van der Waals surface area contributed by atoms with Crippen molar-refractivity contribution >= 4 is 11.8 Å². The van der Waals surface area contributed by atoms with Crippen molar-refractivity contribution in [3.8, 4) is 0 Å². The fourth-order valence-corrected chi connectivity index (χ4v) is 2.78. The summed E-state index contributed by atoms with van der Waals surface area (Å²) in [5, 5.41) is 3.24. The van der Waals surface area contributed by atoms with Gasteiger partial charge in [0.1, 0.15) is 0 Å². The van der Waals surface area contributed by atoms with Gasteiger partial charge in [0.2, 0.25) is 11.8 Å². The Hall–Kier alpha value is -1.68. The quantitative estimate of drug-likeness (QED) is 0.817. The third-order valence-corrected chi connectivity index (χ3v) is 4.04. The number of imide groups is 1. The van der Waals surface area contributed by atoms with Crippen LogP contribution in [-0.2, 0) is 9.59 Å². The highest BCUT2D eigenvalue weighted by molar-refractivity contribution is 6.05. The number of likely N-dealkylation sites (tertiary alicyclic amines) is 1. The van der Waals surface area contributed by atoms with E-state index in [0.29, 0.717) is 5.92 Å². The van der Waals surface area contributed by atoms with Crippen LogP contribution in [0.4, 0.5) is 0 Å². The van der Waals surface area contributed by atoms with Gasteiger partial charge in [0.15, 0.2) is 0 Å². The van der Waals surface area contributed by atoms with Crippen LogP contribution in [0.2, 0.25) is 0 Å². The second-order valence-electron chi connectivity index (χ2n) is 6.01. The van der Waals surface area contributed by atoms with Crippen LogP contribution in [-0.4, -0.2) is 35.3 Å². The number of carbonyl (C=O) groups is 2. The molecular formula is C17H24N2O2. The summed E-state index contributed by atoms with van der Waals surface area (Å²) in [5.41, 5.74) is 1.30. The first-order valence-corrected chi connectivity index (χ1v) is 7.65.